The van der Waals surface area contributed by atoms with Crippen molar-refractivity contribution in [1.82, 2.24) is 4.90 Å². The average molecular weight is 247 g/mol. The fraction of sp³-hybridized carbons (Fsp3) is 1.00. The highest BCUT2D eigenvalue weighted by Crippen LogP contribution is 2.37. The third-order valence-electron chi connectivity index (χ3n) is 4.14. The lowest BCUT2D eigenvalue weighted by Gasteiger charge is -2.55. The van der Waals surface area contributed by atoms with Gasteiger partial charge in [0.25, 0.3) is 0 Å². The standard InChI is InChI=1S/C11H21NO5/c13-5-11(6-14)3-8(15)1-7-2-9(16)10(17)4-12(7)11/h7-10,13-17H,1-6H2/t7-,8-,9+,10-/m1/s1. The Kier molecular flexibility index (Phi) is 3.72. The third-order valence-corrected chi connectivity index (χ3v) is 4.14. The fourth-order valence-electron chi connectivity index (χ4n) is 3.15. The van der Waals surface area contributed by atoms with E-state index in [2.05, 4.69) is 0 Å². The van der Waals surface area contributed by atoms with Crippen LogP contribution in [0.5, 0.6) is 0 Å². The summed E-state index contributed by atoms with van der Waals surface area (Å²) in [6, 6.07) is -0.101. The van der Waals surface area contributed by atoms with Crippen molar-refractivity contribution in [3.05, 3.63) is 0 Å². The van der Waals surface area contributed by atoms with Crippen LogP contribution < -0.4 is 0 Å². The summed E-state index contributed by atoms with van der Waals surface area (Å²) < 4.78 is 0. The Morgan fingerprint density at radius 3 is 2.24 bits per heavy atom. The smallest absolute Gasteiger partial charge is 0.0926 e. The number of piperidine rings is 2. The molecular weight excluding hydrogens is 226 g/mol. The van der Waals surface area contributed by atoms with Crippen molar-refractivity contribution in [3.63, 3.8) is 0 Å². The van der Waals surface area contributed by atoms with Gasteiger partial charge in [-0.1, -0.05) is 0 Å². The number of nitrogens with zero attached hydrogens (tertiary/aromatic N) is 1. The van der Waals surface area contributed by atoms with Crippen molar-refractivity contribution < 1.29 is 25.5 Å². The maximum absolute atomic E-state index is 9.81. The molecule has 0 saturated carbocycles. The lowest BCUT2D eigenvalue weighted by Crippen LogP contribution is -2.68. The summed E-state index contributed by atoms with van der Waals surface area (Å²) in [5, 5.41) is 48.1. The Morgan fingerprint density at radius 1 is 1.00 bits per heavy atom. The summed E-state index contributed by atoms with van der Waals surface area (Å²) in [4.78, 5) is 1.84. The monoisotopic (exact) mass is 247 g/mol. The van der Waals surface area contributed by atoms with Crippen LogP contribution in [0.25, 0.3) is 0 Å². The molecule has 100 valence electrons. The zero-order chi connectivity index (χ0) is 12.6. The van der Waals surface area contributed by atoms with Crippen LogP contribution in [-0.4, -0.2) is 80.1 Å². The van der Waals surface area contributed by atoms with E-state index < -0.39 is 23.9 Å². The lowest BCUT2D eigenvalue weighted by molar-refractivity contribution is -0.160. The highest BCUT2D eigenvalue weighted by atomic mass is 16.3. The minimum Gasteiger partial charge on any atom is -0.394 e. The van der Waals surface area contributed by atoms with Gasteiger partial charge in [-0.15, -0.1) is 0 Å². The molecule has 0 aromatic rings. The topological polar surface area (TPSA) is 104 Å². The molecule has 2 saturated heterocycles. The first-order valence-corrected chi connectivity index (χ1v) is 6.05. The predicted octanol–water partition coefficient (Wildman–Crippen LogP) is -2.34. The van der Waals surface area contributed by atoms with Crippen LogP contribution in [0, 0.1) is 0 Å². The van der Waals surface area contributed by atoms with Gasteiger partial charge in [-0.2, -0.15) is 0 Å². The van der Waals surface area contributed by atoms with Gasteiger partial charge in [-0.3, -0.25) is 4.90 Å². The summed E-state index contributed by atoms with van der Waals surface area (Å²) in [5.41, 5.74) is -0.885. The Morgan fingerprint density at radius 2 is 1.65 bits per heavy atom. The number of rotatable bonds is 2. The summed E-state index contributed by atoms with van der Waals surface area (Å²) >= 11 is 0. The van der Waals surface area contributed by atoms with Gasteiger partial charge in [0, 0.05) is 12.6 Å². The van der Waals surface area contributed by atoms with Gasteiger partial charge in [0.15, 0.2) is 0 Å². The Hall–Kier alpha value is -0.240. The quantitative estimate of drug-likeness (QED) is 0.375. The second-order valence-corrected chi connectivity index (χ2v) is 5.31. The fourth-order valence-corrected chi connectivity index (χ4v) is 3.15. The molecule has 0 bridgehead atoms. The molecule has 6 heteroatoms. The first-order valence-electron chi connectivity index (χ1n) is 6.05. The predicted molar refractivity (Wildman–Crippen MR) is 59.3 cm³/mol. The van der Waals surface area contributed by atoms with Gasteiger partial charge in [0.2, 0.25) is 0 Å². The maximum atomic E-state index is 9.81. The van der Waals surface area contributed by atoms with Crippen LogP contribution in [0.4, 0.5) is 0 Å². The molecule has 2 rings (SSSR count). The molecule has 0 spiro atoms. The van der Waals surface area contributed by atoms with Crippen molar-refractivity contribution in [2.75, 3.05) is 19.8 Å². The molecule has 2 aliphatic rings. The van der Waals surface area contributed by atoms with E-state index in [0.29, 0.717) is 19.3 Å². The van der Waals surface area contributed by atoms with E-state index in [1.807, 2.05) is 4.90 Å². The zero-order valence-corrected chi connectivity index (χ0v) is 9.74. The van der Waals surface area contributed by atoms with Crippen LogP contribution in [0.3, 0.4) is 0 Å². The first kappa shape index (κ1) is 13.2. The zero-order valence-electron chi connectivity index (χ0n) is 9.74. The second kappa shape index (κ2) is 4.79. The molecule has 5 N–H and O–H groups in total. The number of aliphatic hydroxyl groups excluding tert-OH is 5. The van der Waals surface area contributed by atoms with E-state index in [9.17, 15) is 25.5 Å². The SMILES string of the molecule is OCC1(CO)C[C@H](O)C[C@@H]2C[C@H](O)[C@H](O)CN21. The Labute approximate surface area is 100 Å². The molecule has 0 amide bonds. The van der Waals surface area contributed by atoms with Crippen LogP contribution in [0.2, 0.25) is 0 Å². The van der Waals surface area contributed by atoms with Crippen molar-refractivity contribution in [3.8, 4) is 0 Å². The molecular formula is C11H21NO5. The van der Waals surface area contributed by atoms with Crippen molar-refractivity contribution in [2.45, 2.75) is 49.2 Å². The Balaban J connectivity index is 2.22. The lowest BCUT2D eigenvalue weighted by atomic mass is 9.78. The molecule has 2 fully saturated rings. The molecule has 2 aliphatic heterocycles. The molecule has 17 heavy (non-hydrogen) atoms. The van der Waals surface area contributed by atoms with Crippen LogP contribution in [0.1, 0.15) is 19.3 Å². The second-order valence-electron chi connectivity index (χ2n) is 5.31. The van der Waals surface area contributed by atoms with E-state index in [-0.39, 0.29) is 25.8 Å². The van der Waals surface area contributed by atoms with E-state index in [4.69, 9.17) is 0 Å². The maximum Gasteiger partial charge on any atom is 0.0926 e. The summed E-state index contributed by atoms with van der Waals surface area (Å²) in [5.74, 6) is 0. The van der Waals surface area contributed by atoms with Gasteiger partial charge in [0.1, 0.15) is 0 Å². The molecule has 0 aromatic carbocycles. The van der Waals surface area contributed by atoms with Gasteiger partial charge in [-0.25, -0.2) is 0 Å². The molecule has 0 unspecified atom stereocenters. The van der Waals surface area contributed by atoms with Crippen molar-refractivity contribution in [1.29, 1.82) is 0 Å². The van der Waals surface area contributed by atoms with E-state index >= 15 is 0 Å². The summed E-state index contributed by atoms with van der Waals surface area (Å²) in [7, 11) is 0. The largest absolute Gasteiger partial charge is 0.394 e. The molecule has 2 heterocycles. The minimum atomic E-state index is -0.885. The highest BCUT2D eigenvalue weighted by Gasteiger charge is 2.49. The molecule has 6 nitrogen and oxygen atoms in total. The first-order chi connectivity index (χ1) is 8.02. The van der Waals surface area contributed by atoms with Crippen molar-refractivity contribution in [2.24, 2.45) is 0 Å². The van der Waals surface area contributed by atoms with Gasteiger partial charge in [0.05, 0.1) is 37.1 Å². The van der Waals surface area contributed by atoms with E-state index in [1.54, 1.807) is 0 Å². The van der Waals surface area contributed by atoms with E-state index in [0.717, 1.165) is 0 Å². The number of hydrogen-bond donors (Lipinski definition) is 5. The summed E-state index contributed by atoms with van der Waals surface area (Å²) in [6.07, 6.45) is -1.08. The minimum absolute atomic E-state index is 0.101. The van der Waals surface area contributed by atoms with Crippen LogP contribution in [0.15, 0.2) is 0 Å². The number of hydrogen-bond acceptors (Lipinski definition) is 6. The number of β-amino-alcohol motifs (C(OH)–C–C–N with tert-alkyl or cyclic N) is 1. The van der Waals surface area contributed by atoms with Crippen LogP contribution >= 0.6 is 0 Å². The van der Waals surface area contributed by atoms with Crippen LogP contribution in [-0.2, 0) is 0 Å². The van der Waals surface area contributed by atoms with Crippen molar-refractivity contribution >= 4 is 0 Å². The molecule has 0 radical (unpaired) electrons. The average Bonchev–Trinajstić information content (AvgIpc) is 2.30. The van der Waals surface area contributed by atoms with Gasteiger partial charge < -0.3 is 25.5 Å². The van der Waals surface area contributed by atoms with Gasteiger partial charge >= 0.3 is 0 Å². The van der Waals surface area contributed by atoms with E-state index in [1.165, 1.54) is 0 Å². The highest BCUT2D eigenvalue weighted by molar-refractivity contribution is 5.04. The number of aliphatic hydroxyl groups is 5. The third kappa shape index (κ3) is 2.21. The molecule has 0 aromatic heterocycles. The Bertz CT molecular complexity index is 271. The summed E-state index contributed by atoms with van der Waals surface area (Å²) in [6.45, 7) is -0.306. The number of fused-ring (bicyclic) bond motifs is 1. The normalized spacial score (nSPS) is 42.2. The molecule has 4 atom stereocenters. The molecule has 0 aliphatic carbocycles. The van der Waals surface area contributed by atoms with Gasteiger partial charge in [-0.05, 0) is 19.3 Å².